The first-order valence-electron chi connectivity index (χ1n) is 13.3. The zero-order valence-electron chi connectivity index (χ0n) is 25.4. The van der Waals surface area contributed by atoms with Gasteiger partial charge in [-0.15, -0.1) is 0 Å². The maximum absolute atomic E-state index is 13.2. The van der Waals surface area contributed by atoms with E-state index in [1.54, 1.807) is 48.5 Å². The minimum absolute atomic E-state index is 0.0461. The van der Waals surface area contributed by atoms with Gasteiger partial charge >= 0.3 is 11.9 Å². The number of nitrogens with one attached hydrogen (secondary N) is 3. The minimum atomic E-state index is -3.67. The van der Waals surface area contributed by atoms with Gasteiger partial charge in [-0.25, -0.2) is 4.79 Å². The Kier molecular flexibility index (Phi) is 12.1. The summed E-state index contributed by atoms with van der Waals surface area (Å²) in [5, 5.41) is 23.1. The summed E-state index contributed by atoms with van der Waals surface area (Å²) >= 11 is 0. The van der Waals surface area contributed by atoms with E-state index in [1.807, 2.05) is 20.8 Å². The van der Waals surface area contributed by atoms with E-state index in [1.165, 1.54) is 25.3 Å². The third-order valence-electron chi connectivity index (χ3n) is 6.38. The van der Waals surface area contributed by atoms with Crippen LogP contribution in [0.3, 0.4) is 0 Å². The standard InChI is InChI=1S/C30H32N4O6.CH4O3S/c1-30(2,3)24(16-25(35)40-4)34-27(36)18-11-14-21(23(15-18)29(38)39)20-7-5-6-8-22(20)28(37)33-19-12-9-17(10-13-19)26(31)32;1-5(2,3)4/h5-15,24H,16H2,1-4H3,(H3,31,32)(H,33,37)(H,34,36)(H,38,39);1H3,(H,2,3,4)/t24-;/m0./s1. The van der Waals surface area contributed by atoms with E-state index in [4.69, 9.17) is 20.4 Å². The fraction of sp³-hybridized carbons (Fsp3) is 0.258. The molecule has 0 spiro atoms. The number of carbonyl (C=O) groups is 4. The van der Waals surface area contributed by atoms with E-state index in [0.717, 1.165) is 0 Å². The van der Waals surface area contributed by atoms with Gasteiger partial charge in [0.2, 0.25) is 0 Å². The number of anilines is 1. The third-order valence-corrected chi connectivity index (χ3v) is 6.38. The third kappa shape index (κ3) is 11.2. The van der Waals surface area contributed by atoms with Crippen LogP contribution in [0.5, 0.6) is 0 Å². The second-order valence-electron chi connectivity index (χ2n) is 11.0. The first-order chi connectivity index (χ1) is 20.8. The van der Waals surface area contributed by atoms with Crippen LogP contribution in [0.2, 0.25) is 0 Å². The van der Waals surface area contributed by atoms with Crippen molar-refractivity contribution >= 4 is 45.4 Å². The molecule has 2 amide bonds. The minimum Gasteiger partial charge on any atom is -0.478 e. The molecule has 0 heterocycles. The molecular formula is C31H36N4O9S. The fourth-order valence-corrected chi connectivity index (χ4v) is 4.01. The second kappa shape index (κ2) is 15.1. The van der Waals surface area contributed by atoms with E-state index in [9.17, 15) is 32.7 Å². The van der Waals surface area contributed by atoms with Crippen molar-refractivity contribution < 1.29 is 42.0 Å². The molecule has 0 unspecified atom stereocenters. The number of amides is 2. The lowest BCUT2D eigenvalue weighted by molar-refractivity contribution is -0.141. The smallest absolute Gasteiger partial charge is 0.336 e. The molecule has 1 atom stereocenters. The van der Waals surface area contributed by atoms with E-state index < -0.39 is 45.3 Å². The van der Waals surface area contributed by atoms with E-state index >= 15 is 0 Å². The lowest BCUT2D eigenvalue weighted by Gasteiger charge is -2.30. The predicted molar refractivity (Wildman–Crippen MR) is 169 cm³/mol. The van der Waals surface area contributed by atoms with Crippen LogP contribution in [0, 0.1) is 10.8 Å². The van der Waals surface area contributed by atoms with E-state index in [2.05, 4.69) is 10.6 Å². The van der Waals surface area contributed by atoms with Crippen molar-refractivity contribution in [3.8, 4) is 11.1 Å². The van der Waals surface area contributed by atoms with Crippen molar-refractivity contribution in [1.29, 1.82) is 5.41 Å². The first-order valence-corrected chi connectivity index (χ1v) is 15.2. The molecule has 13 nitrogen and oxygen atoms in total. The van der Waals surface area contributed by atoms with Crippen molar-refractivity contribution in [1.82, 2.24) is 5.32 Å². The largest absolute Gasteiger partial charge is 0.478 e. The highest BCUT2D eigenvalue weighted by Gasteiger charge is 2.30. The summed E-state index contributed by atoms with van der Waals surface area (Å²) in [6.45, 7) is 5.60. The zero-order chi connectivity index (χ0) is 34.1. The number of methoxy groups -OCH3 is 1. The molecule has 3 aromatic rings. The van der Waals surface area contributed by atoms with Crippen molar-refractivity contribution in [2.75, 3.05) is 18.7 Å². The molecule has 0 aliphatic carbocycles. The quantitative estimate of drug-likeness (QED) is 0.0858. The highest BCUT2D eigenvalue weighted by Crippen LogP contribution is 2.30. The number of hydrogen-bond donors (Lipinski definition) is 6. The Morgan fingerprint density at radius 3 is 1.96 bits per heavy atom. The Morgan fingerprint density at radius 1 is 0.911 bits per heavy atom. The highest BCUT2D eigenvalue weighted by molar-refractivity contribution is 7.85. The number of carboxylic acid groups (broad SMARTS) is 1. The number of nitrogen functional groups attached to an aromatic ring is 1. The van der Waals surface area contributed by atoms with Gasteiger partial charge in [0.1, 0.15) is 5.84 Å². The average Bonchev–Trinajstić information content (AvgIpc) is 2.95. The number of amidine groups is 1. The average molecular weight is 641 g/mol. The normalized spacial score (nSPS) is 11.7. The lowest BCUT2D eigenvalue weighted by atomic mass is 9.84. The fourth-order valence-electron chi connectivity index (χ4n) is 4.01. The predicted octanol–water partition coefficient (Wildman–Crippen LogP) is 3.80. The van der Waals surface area contributed by atoms with Crippen LogP contribution in [0.15, 0.2) is 66.7 Å². The summed E-state index contributed by atoms with van der Waals surface area (Å²) < 4.78 is 30.6. The maximum atomic E-state index is 13.2. The van der Waals surface area contributed by atoms with Crippen molar-refractivity contribution in [2.45, 2.75) is 33.2 Å². The van der Waals surface area contributed by atoms with Crippen LogP contribution in [-0.4, -0.2) is 67.1 Å². The van der Waals surface area contributed by atoms with E-state index in [0.29, 0.717) is 23.1 Å². The van der Waals surface area contributed by atoms with Crippen LogP contribution < -0.4 is 16.4 Å². The number of carboxylic acids is 1. The molecule has 0 aliphatic heterocycles. The summed E-state index contributed by atoms with van der Waals surface area (Å²) in [6.07, 6.45) is 0.669. The Bertz CT molecular complexity index is 1690. The van der Waals surface area contributed by atoms with Gasteiger partial charge in [0, 0.05) is 28.4 Å². The molecule has 0 aliphatic rings. The van der Waals surface area contributed by atoms with Gasteiger partial charge in [0.15, 0.2) is 0 Å². The van der Waals surface area contributed by atoms with Gasteiger partial charge in [-0.05, 0) is 59.0 Å². The molecule has 0 radical (unpaired) electrons. The van der Waals surface area contributed by atoms with Gasteiger partial charge in [-0.3, -0.25) is 24.3 Å². The molecule has 3 aromatic carbocycles. The molecule has 0 bridgehead atoms. The van der Waals surface area contributed by atoms with Gasteiger partial charge in [-0.2, -0.15) is 8.42 Å². The molecule has 3 rings (SSSR count). The number of hydrogen-bond acceptors (Lipinski definition) is 8. The van der Waals surface area contributed by atoms with Gasteiger partial charge in [0.05, 0.1) is 25.3 Å². The molecule has 0 saturated heterocycles. The zero-order valence-corrected chi connectivity index (χ0v) is 26.2. The Labute approximate surface area is 261 Å². The SMILES string of the molecule is COC(=O)C[C@H](NC(=O)c1ccc(-c2ccccc2C(=O)Nc2ccc(C(=N)N)cc2)c(C(=O)O)c1)C(C)(C)C.CS(=O)(=O)O. The first kappa shape index (κ1) is 36.1. The molecule has 7 N–H and O–H groups in total. The number of benzene rings is 3. The number of carbonyl (C=O) groups excluding carboxylic acids is 3. The summed E-state index contributed by atoms with van der Waals surface area (Å²) in [5.74, 6) is -2.87. The van der Waals surface area contributed by atoms with E-state index in [-0.39, 0.29) is 34.5 Å². The number of esters is 1. The van der Waals surface area contributed by atoms with Crippen molar-refractivity contribution in [3.05, 3.63) is 89.0 Å². The van der Waals surface area contributed by atoms with Gasteiger partial charge < -0.3 is 26.2 Å². The molecule has 240 valence electrons. The molecule has 0 aromatic heterocycles. The Morgan fingerprint density at radius 2 is 1.44 bits per heavy atom. The van der Waals surface area contributed by atoms with Crippen LogP contribution in [0.4, 0.5) is 5.69 Å². The van der Waals surface area contributed by atoms with Gasteiger partial charge in [0.25, 0.3) is 21.9 Å². The summed E-state index contributed by atoms with van der Waals surface area (Å²) in [5.41, 5.74) is 6.75. The molecule has 0 saturated carbocycles. The molecule has 45 heavy (non-hydrogen) atoms. The number of nitrogens with two attached hydrogens (primary N) is 1. The topological polar surface area (TPSA) is 226 Å². The Hall–Kier alpha value is -5.08. The number of ether oxygens (including phenoxy) is 1. The lowest BCUT2D eigenvalue weighted by Crippen LogP contribution is -2.45. The van der Waals surface area contributed by atoms with Crippen LogP contribution in [0.25, 0.3) is 11.1 Å². The highest BCUT2D eigenvalue weighted by atomic mass is 32.2. The van der Waals surface area contributed by atoms with Crippen molar-refractivity contribution in [3.63, 3.8) is 0 Å². The van der Waals surface area contributed by atoms with Crippen molar-refractivity contribution in [2.24, 2.45) is 11.1 Å². The van der Waals surface area contributed by atoms with Crippen LogP contribution in [-0.2, 0) is 19.6 Å². The second-order valence-corrected chi connectivity index (χ2v) is 12.4. The summed E-state index contributed by atoms with van der Waals surface area (Å²) in [4.78, 5) is 50.4. The maximum Gasteiger partial charge on any atom is 0.336 e. The van der Waals surface area contributed by atoms with Crippen LogP contribution in [0.1, 0.15) is 63.8 Å². The molecule has 0 fully saturated rings. The van der Waals surface area contributed by atoms with Gasteiger partial charge in [-0.1, -0.05) is 45.0 Å². The Balaban J connectivity index is 0.00000130. The number of aromatic carboxylic acids is 1. The summed E-state index contributed by atoms with van der Waals surface area (Å²) in [7, 11) is -2.40. The summed E-state index contributed by atoms with van der Waals surface area (Å²) in [6, 6.07) is 16.6. The van der Waals surface area contributed by atoms with Crippen LogP contribution >= 0.6 is 0 Å². The number of rotatable bonds is 9. The molecule has 14 heteroatoms. The molecular weight excluding hydrogens is 604 g/mol. The monoisotopic (exact) mass is 640 g/mol.